The maximum atomic E-state index is 14.2. The molecule has 0 saturated heterocycles. The third kappa shape index (κ3) is 4.31. The van der Waals surface area contributed by atoms with Crippen LogP contribution in [0.3, 0.4) is 0 Å². The van der Waals surface area contributed by atoms with Gasteiger partial charge in [-0.2, -0.15) is 0 Å². The van der Waals surface area contributed by atoms with Crippen LogP contribution in [-0.4, -0.2) is 43.8 Å². The second-order valence-electron chi connectivity index (χ2n) is 11.7. The van der Waals surface area contributed by atoms with E-state index in [0.29, 0.717) is 28.9 Å². The first-order chi connectivity index (χ1) is 17.7. The molecule has 8 nitrogen and oxygen atoms in total. The molecule has 1 aromatic heterocycles. The highest BCUT2D eigenvalue weighted by atomic mass is 16.5. The van der Waals surface area contributed by atoms with E-state index >= 15 is 0 Å². The van der Waals surface area contributed by atoms with Gasteiger partial charge in [0.25, 0.3) is 0 Å². The highest BCUT2D eigenvalue weighted by Crippen LogP contribution is 2.48. The van der Waals surface area contributed by atoms with E-state index < -0.39 is 28.8 Å². The van der Waals surface area contributed by atoms with E-state index in [9.17, 15) is 25.2 Å². The van der Waals surface area contributed by atoms with Crippen LogP contribution < -0.4 is 14.9 Å². The zero-order chi connectivity index (χ0) is 27.7. The van der Waals surface area contributed by atoms with Gasteiger partial charge < -0.3 is 34.3 Å². The van der Waals surface area contributed by atoms with Gasteiger partial charge in [0, 0.05) is 35.6 Å². The van der Waals surface area contributed by atoms with Crippen molar-refractivity contribution in [2.45, 2.75) is 84.2 Å². The summed E-state index contributed by atoms with van der Waals surface area (Å²) in [5.74, 6) is 0.672. The van der Waals surface area contributed by atoms with Gasteiger partial charge in [-0.25, -0.2) is 0 Å². The number of ether oxygens (including phenoxy) is 2. The smallest absolute Gasteiger partial charge is 0.200 e. The first kappa shape index (κ1) is 26.1. The second kappa shape index (κ2) is 8.78. The zero-order valence-electron chi connectivity index (χ0n) is 22.5. The molecule has 0 radical (unpaired) electrons. The largest absolute Gasteiger partial charge is 0.508 e. The van der Waals surface area contributed by atoms with Crippen molar-refractivity contribution in [1.29, 1.82) is 0 Å². The van der Waals surface area contributed by atoms with Crippen molar-refractivity contribution in [1.82, 2.24) is 0 Å². The normalized spacial score (nSPS) is 18.6. The lowest BCUT2D eigenvalue weighted by Crippen LogP contribution is -2.42. The van der Waals surface area contributed by atoms with Crippen molar-refractivity contribution in [3.05, 3.63) is 56.8 Å². The summed E-state index contributed by atoms with van der Waals surface area (Å²) < 4.78 is 18.8. The Morgan fingerprint density at radius 1 is 1.00 bits per heavy atom. The molecule has 0 spiro atoms. The topological polar surface area (TPSA) is 130 Å². The minimum absolute atomic E-state index is 0.0230. The molecule has 0 aliphatic carbocycles. The van der Waals surface area contributed by atoms with Crippen molar-refractivity contribution >= 4 is 11.0 Å². The zero-order valence-corrected chi connectivity index (χ0v) is 22.5. The van der Waals surface area contributed by atoms with Crippen LogP contribution in [-0.2, 0) is 19.3 Å². The van der Waals surface area contributed by atoms with E-state index in [1.165, 1.54) is 12.1 Å². The van der Waals surface area contributed by atoms with Gasteiger partial charge in [-0.05, 0) is 60.1 Å². The Bertz CT molecular complexity index is 1530. The minimum atomic E-state index is -1.33. The number of allylic oxidation sites excluding steroid dienone is 2. The minimum Gasteiger partial charge on any atom is -0.508 e. The van der Waals surface area contributed by atoms with E-state index in [1.54, 1.807) is 33.8 Å². The molecular weight excluding hydrogens is 488 g/mol. The van der Waals surface area contributed by atoms with Crippen molar-refractivity contribution in [3.63, 3.8) is 0 Å². The summed E-state index contributed by atoms with van der Waals surface area (Å²) >= 11 is 0. The Morgan fingerprint density at radius 3 is 2.26 bits per heavy atom. The van der Waals surface area contributed by atoms with E-state index in [0.717, 1.165) is 5.57 Å². The molecule has 0 saturated carbocycles. The standard InChI is InChI=1S/C30H34O8/c1-14(2)7-9-17-27-19(13-22(37-27)30(5,6)35)25(33)23-24(32)18-12-21(29(3,4)34)36-20-11-15(31)8-10-16(20)26(18)38-28(17)23/h7-8,10-11,21-22,31,33-35H,9,12-13H2,1-6H3/t21-,22-/m1/s1. The van der Waals surface area contributed by atoms with Crippen molar-refractivity contribution in [3.8, 4) is 34.3 Å². The number of phenolic OH excluding ortho intramolecular Hbond substituents is 2. The van der Waals surface area contributed by atoms with Gasteiger partial charge in [-0.1, -0.05) is 11.6 Å². The van der Waals surface area contributed by atoms with Crippen LogP contribution in [0.1, 0.15) is 58.2 Å². The molecule has 4 N–H and O–H groups in total. The summed E-state index contributed by atoms with van der Waals surface area (Å²) in [7, 11) is 0. The Labute approximate surface area is 220 Å². The maximum absolute atomic E-state index is 14.2. The van der Waals surface area contributed by atoms with Crippen LogP contribution in [0.2, 0.25) is 0 Å². The SMILES string of the molecule is CC(C)=CCc1c2c(c(O)c3c(=O)c4c(oc13)-c1ccc(O)cc1O[C@@H](C(C)(C)O)C4)C[C@H](C(C)(C)O)O2. The molecule has 3 aromatic rings. The lowest BCUT2D eigenvalue weighted by atomic mass is 9.91. The Hall–Kier alpha value is -3.49. The number of rotatable bonds is 4. The highest BCUT2D eigenvalue weighted by Gasteiger charge is 2.41. The van der Waals surface area contributed by atoms with Gasteiger partial charge in [0.05, 0.1) is 16.8 Å². The number of fused-ring (bicyclic) bond motifs is 5. The fourth-order valence-electron chi connectivity index (χ4n) is 5.10. The lowest BCUT2D eigenvalue weighted by molar-refractivity contribution is -0.0322. The first-order valence-corrected chi connectivity index (χ1v) is 12.8. The van der Waals surface area contributed by atoms with Crippen LogP contribution in [0.4, 0.5) is 0 Å². The fraction of sp³-hybridized carbons (Fsp3) is 0.433. The number of hydrogen-bond acceptors (Lipinski definition) is 8. The van der Waals surface area contributed by atoms with Gasteiger partial charge >= 0.3 is 0 Å². The molecule has 2 aromatic carbocycles. The maximum Gasteiger partial charge on any atom is 0.200 e. The third-order valence-electron chi connectivity index (χ3n) is 7.36. The van der Waals surface area contributed by atoms with Crippen LogP contribution in [0.25, 0.3) is 22.3 Å². The van der Waals surface area contributed by atoms with Gasteiger partial charge in [0.15, 0.2) is 5.43 Å². The van der Waals surface area contributed by atoms with Crippen LogP contribution >= 0.6 is 0 Å². The molecule has 0 amide bonds. The molecule has 38 heavy (non-hydrogen) atoms. The summed E-state index contributed by atoms with van der Waals surface area (Å²) in [6, 6.07) is 4.51. The van der Waals surface area contributed by atoms with E-state index in [2.05, 4.69) is 0 Å². The highest BCUT2D eigenvalue weighted by molar-refractivity contribution is 5.93. The number of aromatic hydroxyl groups is 2. The van der Waals surface area contributed by atoms with Gasteiger partial charge in [-0.3, -0.25) is 4.79 Å². The number of benzene rings is 2. The third-order valence-corrected chi connectivity index (χ3v) is 7.36. The predicted octanol–water partition coefficient (Wildman–Crippen LogP) is 4.53. The molecule has 0 fully saturated rings. The van der Waals surface area contributed by atoms with Gasteiger partial charge in [0.2, 0.25) is 0 Å². The van der Waals surface area contributed by atoms with Crippen molar-refractivity contribution < 1.29 is 34.3 Å². The molecule has 2 aliphatic heterocycles. The van der Waals surface area contributed by atoms with Gasteiger partial charge in [0.1, 0.15) is 51.9 Å². The van der Waals surface area contributed by atoms with E-state index in [4.69, 9.17) is 13.9 Å². The monoisotopic (exact) mass is 522 g/mol. The molecule has 0 unspecified atom stereocenters. The predicted molar refractivity (Wildman–Crippen MR) is 143 cm³/mol. The lowest BCUT2D eigenvalue weighted by Gasteiger charge is -2.28. The van der Waals surface area contributed by atoms with Gasteiger partial charge in [-0.15, -0.1) is 0 Å². The fourth-order valence-corrected chi connectivity index (χ4v) is 5.10. The summed E-state index contributed by atoms with van der Waals surface area (Å²) in [6.45, 7) is 10.4. The number of hydrogen-bond donors (Lipinski definition) is 4. The number of phenols is 2. The molecule has 2 atom stereocenters. The summed E-state index contributed by atoms with van der Waals surface area (Å²) in [5.41, 5.74) is 0.0871. The summed E-state index contributed by atoms with van der Waals surface area (Å²) in [5, 5.41) is 43.1. The summed E-state index contributed by atoms with van der Waals surface area (Å²) in [6.07, 6.45) is 1.18. The quantitative estimate of drug-likeness (QED) is 0.368. The first-order valence-electron chi connectivity index (χ1n) is 12.8. The molecular formula is C30H34O8. The summed E-state index contributed by atoms with van der Waals surface area (Å²) in [4.78, 5) is 14.2. The molecule has 5 rings (SSSR count). The Balaban J connectivity index is 1.87. The molecule has 202 valence electrons. The van der Waals surface area contributed by atoms with Crippen LogP contribution in [0, 0.1) is 0 Å². The Morgan fingerprint density at radius 2 is 1.63 bits per heavy atom. The van der Waals surface area contributed by atoms with E-state index in [-0.39, 0.29) is 52.4 Å². The molecule has 8 heteroatoms. The number of aliphatic hydroxyl groups is 2. The van der Waals surface area contributed by atoms with Crippen LogP contribution in [0.5, 0.6) is 23.0 Å². The average Bonchev–Trinajstić information content (AvgIpc) is 3.18. The van der Waals surface area contributed by atoms with Crippen LogP contribution in [0.15, 0.2) is 39.1 Å². The second-order valence-corrected chi connectivity index (χ2v) is 11.7. The van der Waals surface area contributed by atoms with Crippen molar-refractivity contribution in [2.75, 3.05) is 0 Å². The Kier molecular flexibility index (Phi) is 6.04. The van der Waals surface area contributed by atoms with E-state index in [1.807, 2.05) is 19.9 Å². The van der Waals surface area contributed by atoms with Crippen molar-refractivity contribution in [2.24, 2.45) is 0 Å². The molecule has 0 bridgehead atoms. The average molecular weight is 523 g/mol. The molecule has 3 heterocycles. The molecule has 2 aliphatic rings.